The van der Waals surface area contributed by atoms with Crippen molar-refractivity contribution in [3.63, 3.8) is 0 Å². The van der Waals surface area contributed by atoms with Crippen molar-refractivity contribution >= 4 is 24.8 Å². The van der Waals surface area contributed by atoms with Gasteiger partial charge in [-0.3, -0.25) is 4.98 Å². The molecule has 2 rings (SSSR count). The molecule has 0 amide bonds. The van der Waals surface area contributed by atoms with Gasteiger partial charge in [-0.05, 0) is 35.7 Å². The van der Waals surface area contributed by atoms with Gasteiger partial charge in [0, 0.05) is 12.4 Å². The Morgan fingerprint density at radius 3 is 2.47 bits per heavy atom. The zero-order valence-electron chi connectivity index (χ0n) is 9.50. The van der Waals surface area contributed by atoms with Crippen LogP contribution in [0.4, 0.5) is 0 Å². The number of nitrogens with zero attached hydrogens (tertiary/aromatic N) is 2. The van der Waals surface area contributed by atoms with Crippen LogP contribution in [0, 0.1) is 11.3 Å². The summed E-state index contributed by atoms with van der Waals surface area (Å²) in [4.78, 5) is 14.7. The van der Waals surface area contributed by atoms with E-state index in [2.05, 4.69) is 11.1 Å². The van der Waals surface area contributed by atoms with Crippen LogP contribution in [0.2, 0.25) is 0 Å². The summed E-state index contributed by atoms with van der Waals surface area (Å²) in [5, 5.41) is 17.6. The van der Waals surface area contributed by atoms with Gasteiger partial charge in [0.1, 0.15) is 0 Å². The number of carboxylic acid groups (broad SMARTS) is 1. The Balaban J connectivity index is 0.00000180. The summed E-state index contributed by atoms with van der Waals surface area (Å²) in [6.07, 6.45) is 3.56. The fourth-order valence-electron chi connectivity index (χ4n) is 1.63. The van der Waals surface area contributed by atoms with Crippen molar-refractivity contribution in [2.75, 3.05) is 0 Å². The summed E-state index contributed by atoms with van der Waals surface area (Å²) >= 11 is 0. The van der Waals surface area contributed by atoms with Crippen molar-refractivity contribution in [3.05, 3.63) is 65.0 Å². The van der Waals surface area contributed by atoms with Crippen LogP contribution in [0.1, 0.15) is 27.0 Å². The van der Waals surface area contributed by atoms with E-state index in [1.165, 1.54) is 6.20 Å². The second-order valence-corrected chi connectivity index (χ2v) is 3.87. The molecule has 0 aliphatic rings. The molecule has 5 heteroatoms. The number of aromatic carboxylic acids is 1. The standard InChI is InChI=1S/C14H10N2O2.Li.H/c15-7-11-3-1-10(2-4-11)5-12-6-13(14(17)18)9-16-8-12;;/h1-4,6,8-9H,5H2,(H,17,18);;. The van der Waals surface area contributed by atoms with Crippen molar-refractivity contribution in [1.82, 2.24) is 4.98 Å². The number of aromatic nitrogens is 1. The van der Waals surface area contributed by atoms with Gasteiger partial charge in [-0.1, -0.05) is 12.1 Å². The third-order valence-corrected chi connectivity index (χ3v) is 2.53. The number of hydrogen-bond acceptors (Lipinski definition) is 3. The van der Waals surface area contributed by atoms with Gasteiger partial charge < -0.3 is 5.11 Å². The Bertz CT molecular complexity index is 618. The van der Waals surface area contributed by atoms with E-state index in [1.54, 1.807) is 24.4 Å². The van der Waals surface area contributed by atoms with Crippen molar-refractivity contribution < 1.29 is 9.90 Å². The zero-order valence-corrected chi connectivity index (χ0v) is 9.50. The molecule has 0 unspecified atom stereocenters. The molecule has 0 bridgehead atoms. The minimum atomic E-state index is -0.982. The van der Waals surface area contributed by atoms with Crippen molar-refractivity contribution in [2.24, 2.45) is 0 Å². The number of benzene rings is 1. The number of rotatable bonds is 3. The Morgan fingerprint density at radius 1 is 1.21 bits per heavy atom. The first kappa shape index (κ1) is 15.0. The summed E-state index contributed by atoms with van der Waals surface area (Å²) in [6, 6.07) is 10.8. The van der Waals surface area contributed by atoms with E-state index in [9.17, 15) is 4.79 Å². The van der Waals surface area contributed by atoms with Gasteiger partial charge in [0.05, 0.1) is 17.2 Å². The van der Waals surface area contributed by atoms with E-state index < -0.39 is 5.97 Å². The average molecular weight is 246 g/mol. The molecular weight excluding hydrogens is 235 g/mol. The predicted octanol–water partition coefficient (Wildman–Crippen LogP) is 1.59. The van der Waals surface area contributed by atoms with E-state index in [-0.39, 0.29) is 24.4 Å². The molecule has 4 nitrogen and oxygen atoms in total. The van der Waals surface area contributed by atoms with Crippen LogP contribution < -0.4 is 0 Å². The maximum absolute atomic E-state index is 10.8. The van der Waals surface area contributed by atoms with E-state index in [1.807, 2.05) is 12.1 Å². The van der Waals surface area contributed by atoms with E-state index in [0.717, 1.165) is 11.1 Å². The first-order valence-corrected chi connectivity index (χ1v) is 5.35. The van der Waals surface area contributed by atoms with Crippen LogP contribution >= 0.6 is 0 Å². The van der Waals surface area contributed by atoms with Crippen LogP contribution in [0.25, 0.3) is 0 Å². The monoisotopic (exact) mass is 246 g/mol. The first-order valence-electron chi connectivity index (χ1n) is 5.35. The second kappa shape index (κ2) is 6.75. The Kier molecular flexibility index (Phi) is 5.33. The summed E-state index contributed by atoms with van der Waals surface area (Å²) in [5.41, 5.74) is 2.63. The van der Waals surface area contributed by atoms with Crippen molar-refractivity contribution in [2.45, 2.75) is 6.42 Å². The van der Waals surface area contributed by atoms with E-state index in [4.69, 9.17) is 10.4 Å². The van der Waals surface area contributed by atoms with E-state index in [0.29, 0.717) is 12.0 Å². The average Bonchev–Trinajstić information content (AvgIpc) is 2.40. The molecule has 1 aromatic heterocycles. The second-order valence-electron chi connectivity index (χ2n) is 3.87. The topological polar surface area (TPSA) is 74.0 Å². The van der Waals surface area contributed by atoms with Gasteiger partial charge in [-0.15, -0.1) is 0 Å². The number of carboxylic acids is 1. The molecule has 0 saturated carbocycles. The van der Waals surface area contributed by atoms with Crippen LogP contribution in [-0.4, -0.2) is 34.9 Å². The molecule has 0 atom stereocenters. The van der Waals surface area contributed by atoms with Gasteiger partial charge in [-0.2, -0.15) is 5.26 Å². The molecule has 0 saturated heterocycles. The van der Waals surface area contributed by atoms with Gasteiger partial charge in [0.25, 0.3) is 0 Å². The molecule has 0 aliphatic carbocycles. The van der Waals surface area contributed by atoms with Crippen molar-refractivity contribution in [3.8, 4) is 6.07 Å². The number of hydrogen-bond donors (Lipinski definition) is 1. The number of pyridine rings is 1. The number of carbonyl (C=O) groups is 1. The Labute approximate surface area is 122 Å². The molecule has 0 aliphatic heterocycles. The van der Waals surface area contributed by atoms with Gasteiger partial charge in [0.2, 0.25) is 0 Å². The third kappa shape index (κ3) is 3.96. The number of nitriles is 1. The third-order valence-electron chi connectivity index (χ3n) is 2.53. The molecule has 90 valence electrons. The summed E-state index contributed by atoms with van der Waals surface area (Å²) < 4.78 is 0. The molecule has 1 N–H and O–H groups in total. The van der Waals surface area contributed by atoms with Crippen LogP contribution in [0.3, 0.4) is 0 Å². The molecule has 0 spiro atoms. The summed E-state index contributed by atoms with van der Waals surface area (Å²) in [7, 11) is 0. The fraction of sp³-hybridized carbons (Fsp3) is 0.0714. The molecular formula is C14H11LiN2O2. The van der Waals surface area contributed by atoms with Crippen LogP contribution in [0.5, 0.6) is 0 Å². The van der Waals surface area contributed by atoms with Gasteiger partial charge in [-0.25, -0.2) is 4.79 Å². The summed E-state index contributed by atoms with van der Waals surface area (Å²) in [5.74, 6) is -0.982. The molecule has 2 aromatic rings. The Morgan fingerprint density at radius 2 is 1.89 bits per heavy atom. The van der Waals surface area contributed by atoms with Gasteiger partial charge >= 0.3 is 24.8 Å². The van der Waals surface area contributed by atoms with Crippen LogP contribution in [0.15, 0.2) is 42.7 Å². The first-order chi connectivity index (χ1) is 8.69. The quantitative estimate of drug-likeness (QED) is 0.834. The fourth-order valence-corrected chi connectivity index (χ4v) is 1.63. The SMILES string of the molecule is N#Cc1ccc(Cc2cncc(C(=O)O)c2)cc1.[LiH]. The summed E-state index contributed by atoms with van der Waals surface area (Å²) in [6.45, 7) is 0. The molecule has 1 aromatic carbocycles. The molecule has 1 heterocycles. The molecule has 0 fully saturated rings. The van der Waals surface area contributed by atoms with Gasteiger partial charge in [0.15, 0.2) is 0 Å². The Hall–Kier alpha value is -2.07. The van der Waals surface area contributed by atoms with Crippen molar-refractivity contribution in [1.29, 1.82) is 5.26 Å². The van der Waals surface area contributed by atoms with E-state index >= 15 is 0 Å². The zero-order chi connectivity index (χ0) is 13.0. The maximum atomic E-state index is 10.8. The predicted molar refractivity (Wildman–Crippen MR) is 72.3 cm³/mol. The normalized spacial score (nSPS) is 9.21. The minimum absolute atomic E-state index is 0. The molecule has 19 heavy (non-hydrogen) atoms. The van der Waals surface area contributed by atoms with Crippen LogP contribution in [-0.2, 0) is 6.42 Å². The molecule has 0 radical (unpaired) electrons.